The van der Waals surface area contributed by atoms with Crippen LogP contribution in [0.3, 0.4) is 0 Å². The van der Waals surface area contributed by atoms with Crippen molar-refractivity contribution >= 4 is 30.1 Å². The Morgan fingerprint density at radius 3 is 2.60 bits per heavy atom. The van der Waals surface area contributed by atoms with Crippen molar-refractivity contribution < 1.29 is 4.79 Å². The maximum absolute atomic E-state index is 12.0. The van der Waals surface area contributed by atoms with Crippen LogP contribution in [-0.4, -0.2) is 42.7 Å². The third kappa shape index (κ3) is 5.00. The fraction of sp³-hybridized carbons (Fsp3) is 0.533. The van der Waals surface area contributed by atoms with Gasteiger partial charge in [0.15, 0.2) is 0 Å². The van der Waals surface area contributed by atoms with Gasteiger partial charge in [0.1, 0.15) is 0 Å². The lowest BCUT2D eigenvalue weighted by Crippen LogP contribution is -2.46. The second-order valence-electron chi connectivity index (χ2n) is 4.98. The normalized spacial score (nSPS) is 14.8. The van der Waals surface area contributed by atoms with Gasteiger partial charge in [-0.05, 0) is 37.1 Å². The van der Waals surface area contributed by atoms with E-state index in [0.29, 0.717) is 6.42 Å². The number of thioether (sulfide) groups is 1. The van der Waals surface area contributed by atoms with Gasteiger partial charge in [0.2, 0.25) is 5.91 Å². The molecular weight excluding hydrogens is 292 g/mol. The zero-order valence-corrected chi connectivity index (χ0v) is 13.8. The van der Waals surface area contributed by atoms with Crippen LogP contribution in [0.15, 0.2) is 23.1 Å². The van der Waals surface area contributed by atoms with Crippen molar-refractivity contribution in [2.75, 3.05) is 31.9 Å². The first-order valence-electron chi connectivity index (χ1n) is 6.85. The van der Waals surface area contributed by atoms with Crippen molar-refractivity contribution in [1.29, 1.82) is 0 Å². The number of carbonyl (C=O) groups is 1. The van der Waals surface area contributed by atoms with E-state index in [1.807, 2.05) is 4.90 Å². The number of piperazine rings is 1. The summed E-state index contributed by atoms with van der Waals surface area (Å²) in [6, 6.07) is 6.49. The highest BCUT2D eigenvalue weighted by Crippen LogP contribution is 2.21. The number of rotatable bonds is 4. The number of hydrogen-bond donors (Lipinski definition) is 1. The minimum absolute atomic E-state index is 0. The van der Waals surface area contributed by atoms with E-state index < -0.39 is 0 Å². The monoisotopic (exact) mass is 314 g/mol. The van der Waals surface area contributed by atoms with Crippen LogP contribution in [-0.2, 0) is 4.79 Å². The van der Waals surface area contributed by atoms with Crippen LogP contribution in [0.1, 0.15) is 17.5 Å². The predicted molar refractivity (Wildman–Crippen MR) is 88.0 cm³/mol. The molecule has 3 nitrogen and oxygen atoms in total. The van der Waals surface area contributed by atoms with Crippen molar-refractivity contribution in [2.45, 2.75) is 25.2 Å². The molecule has 0 aromatic heterocycles. The molecule has 0 radical (unpaired) electrons. The van der Waals surface area contributed by atoms with Crippen molar-refractivity contribution in [3.05, 3.63) is 29.3 Å². The molecule has 0 unspecified atom stereocenters. The van der Waals surface area contributed by atoms with Crippen molar-refractivity contribution in [3.8, 4) is 0 Å². The van der Waals surface area contributed by atoms with E-state index in [4.69, 9.17) is 0 Å². The lowest BCUT2D eigenvalue weighted by molar-refractivity contribution is -0.131. The highest BCUT2D eigenvalue weighted by atomic mass is 35.5. The Bertz CT molecular complexity index is 447. The van der Waals surface area contributed by atoms with Crippen LogP contribution in [0, 0.1) is 13.8 Å². The third-order valence-corrected chi connectivity index (χ3v) is 4.53. The largest absolute Gasteiger partial charge is 0.340 e. The average molecular weight is 315 g/mol. The Morgan fingerprint density at radius 2 is 1.95 bits per heavy atom. The first-order chi connectivity index (χ1) is 9.16. The lowest BCUT2D eigenvalue weighted by Gasteiger charge is -2.27. The quantitative estimate of drug-likeness (QED) is 0.867. The Labute approximate surface area is 131 Å². The van der Waals surface area contributed by atoms with Gasteiger partial charge in [-0.15, -0.1) is 24.2 Å². The van der Waals surface area contributed by atoms with Crippen LogP contribution >= 0.6 is 24.2 Å². The molecule has 1 fully saturated rings. The van der Waals surface area contributed by atoms with Gasteiger partial charge >= 0.3 is 0 Å². The number of aryl methyl sites for hydroxylation is 2. The van der Waals surface area contributed by atoms with Gasteiger partial charge in [-0.3, -0.25) is 4.79 Å². The Balaban J connectivity index is 0.00000200. The summed E-state index contributed by atoms with van der Waals surface area (Å²) in [5.41, 5.74) is 2.64. The maximum atomic E-state index is 12.0. The van der Waals surface area contributed by atoms with E-state index in [0.717, 1.165) is 31.9 Å². The van der Waals surface area contributed by atoms with E-state index in [1.165, 1.54) is 16.0 Å². The Morgan fingerprint density at radius 1 is 1.25 bits per heavy atom. The zero-order chi connectivity index (χ0) is 13.7. The zero-order valence-electron chi connectivity index (χ0n) is 12.1. The summed E-state index contributed by atoms with van der Waals surface area (Å²) in [5.74, 6) is 1.16. The minimum atomic E-state index is 0. The Hall–Kier alpha value is -0.710. The summed E-state index contributed by atoms with van der Waals surface area (Å²) in [6.45, 7) is 7.81. The van der Waals surface area contributed by atoms with Crippen molar-refractivity contribution in [2.24, 2.45) is 0 Å². The summed E-state index contributed by atoms with van der Waals surface area (Å²) in [4.78, 5) is 15.2. The van der Waals surface area contributed by atoms with Gasteiger partial charge in [-0.25, -0.2) is 0 Å². The van der Waals surface area contributed by atoms with Gasteiger partial charge < -0.3 is 10.2 Å². The van der Waals surface area contributed by atoms with Gasteiger partial charge in [0, 0.05) is 43.2 Å². The molecule has 1 aliphatic heterocycles. The molecule has 0 spiro atoms. The summed E-state index contributed by atoms with van der Waals surface area (Å²) >= 11 is 1.77. The average Bonchev–Trinajstić information content (AvgIpc) is 2.43. The molecular formula is C15H23ClN2OS. The number of halogens is 1. The first-order valence-corrected chi connectivity index (χ1v) is 7.84. The highest BCUT2D eigenvalue weighted by Gasteiger charge is 2.15. The number of carbonyl (C=O) groups excluding carboxylic acids is 1. The van der Waals surface area contributed by atoms with Gasteiger partial charge in [-0.1, -0.05) is 6.07 Å². The maximum Gasteiger partial charge on any atom is 0.223 e. The van der Waals surface area contributed by atoms with E-state index in [2.05, 4.69) is 37.4 Å². The molecule has 1 N–H and O–H groups in total. The molecule has 112 valence electrons. The summed E-state index contributed by atoms with van der Waals surface area (Å²) in [6.07, 6.45) is 0.636. The summed E-state index contributed by atoms with van der Waals surface area (Å²) in [5, 5.41) is 3.26. The fourth-order valence-electron chi connectivity index (χ4n) is 2.13. The van der Waals surface area contributed by atoms with E-state index in [9.17, 15) is 4.79 Å². The van der Waals surface area contributed by atoms with Crippen LogP contribution in [0.4, 0.5) is 0 Å². The highest BCUT2D eigenvalue weighted by molar-refractivity contribution is 7.99. The molecule has 0 bridgehead atoms. The van der Waals surface area contributed by atoms with Crippen LogP contribution in [0.25, 0.3) is 0 Å². The second kappa shape index (κ2) is 8.55. The molecule has 0 saturated carbocycles. The molecule has 0 atom stereocenters. The number of nitrogens with one attached hydrogen (secondary N) is 1. The Kier molecular flexibility index (Phi) is 7.41. The number of nitrogens with zero attached hydrogens (tertiary/aromatic N) is 1. The molecule has 1 aliphatic rings. The smallest absolute Gasteiger partial charge is 0.223 e. The number of amides is 1. The van der Waals surface area contributed by atoms with Crippen molar-refractivity contribution in [3.63, 3.8) is 0 Å². The lowest BCUT2D eigenvalue weighted by atomic mass is 10.1. The molecule has 1 aromatic rings. The van der Waals surface area contributed by atoms with Crippen LogP contribution < -0.4 is 5.32 Å². The minimum Gasteiger partial charge on any atom is -0.340 e. The summed E-state index contributed by atoms with van der Waals surface area (Å²) < 4.78 is 0. The van der Waals surface area contributed by atoms with Gasteiger partial charge in [0.25, 0.3) is 0 Å². The summed E-state index contributed by atoms with van der Waals surface area (Å²) in [7, 11) is 0. The molecule has 1 saturated heterocycles. The van der Waals surface area contributed by atoms with E-state index >= 15 is 0 Å². The topological polar surface area (TPSA) is 32.3 Å². The molecule has 0 aliphatic carbocycles. The fourth-order valence-corrected chi connectivity index (χ4v) is 3.07. The third-order valence-electron chi connectivity index (χ3n) is 3.53. The molecule has 1 aromatic carbocycles. The van der Waals surface area contributed by atoms with Gasteiger partial charge in [-0.2, -0.15) is 0 Å². The molecule has 1 heterocycles. The molecule has 5 heteroatoms. The first kappa shape index (κ1) is 17.3. The number of benzene rings is 1. The van der Waals surface area contributed by atoms with E-state index in [1.54, 1.807) is 11.8 Å². The van der Waals surface area contributed by atoms with Crippen LogP contribution in [0.2, 0.25) is 0 Å². The number of hydrogen-bond acceptors (Lipinski definition) is 3. The predicted octanol–water partition coefficient (Wildman–Crippen LogP) is 2.64. The van der Waals surface area contributed by atoms with E-state index in [-0.39, 0.29) is 18.3 Å². The van der Waals surface area contributed by atoms with Gasteiger partial charge in [0.05, 0.1) is 0 Å². The SMILES string of the molecule is Cc1ccc(SCCC(=O)N2CCNCC2)cc1C.Cl. The molecule has 1 amide bonds. The van der Waals surface area contributed by atoms with Crippen molar-refractivity contribution in [1.82, 2.24) is 10.2 Å². The standard InChI is InChI=1S/C15H22N2OS.ClH/c1-12-3-4-14(11-13(12)2)19-10-5-15(18)17-8-6-16-7-9-17;/h3-4,11,16H,5-10H2,1-2H3;1H. The molecule has 20 heavy (non-hydrogen) atoms. The molecule has 2 rings (SSSR count). The van der Waals surface area contributed by atoms with Crippen LogP contribution in [0.5, 0.6) is 0 Å². The second-order valence-corrected chi connectivity index (χ2v) is 6.14.